The van der Waals surface area contributed by atoms with Crippen molar-refractivity contribution in [3.05, 3.63) is 52.3 Å². The largest absolute Gasteiger partial charge is 0.309 e. The molecule has 3 heteroatoms. The molecule has 0 radical (unpaired) electrons. The van der Waals surface area contributed by atoms with E-state index in [1.165, 1.54) is 22.4 Å². The van der Waals surface area contributed by atoms with E-state index in [-0.39, 0.29) is 0 Å². The summed E-state index contributed by atoms with van der Waals surface area (Å²) in [7, 11) is 0. The van der Waals surface area contributed by atoms with Gasteiger partial charge >= 0.3 is 0 Å². The van der Waals surface area contributed by atoms with Gasteiger partial charge in [-0.1, -0.05) is 36.2 Å². The summed E-state index contributed by atoms with van der Waals surface area (Å²) in [5, 5.41) is 8.16. The van der Waals surface area contributed by atoms with Crippen LogP contribution < -0.4 is 5.32 Å². The molecule has 0 fully saturated rings. The number of nitrogens with zero attached hydrogens (tertiary/aromatic N) is 2. The van der Waals surface area contributed by atoms with Crippen LogP contribution in [0.4, 0.5) is 0 Å². The van der Waals surface area contributed by atoms with Crippen LogP contribution in [0.5, 0.6) is 0 Å². The number of rotatable bonds is 5. The van der Waals surface area contributed by atoms with E-state index in [1.807, 2.05) is 6.92 Å². The first kappa shape index (κ1) is 14.8. The lowest BCUT2D eigenvalue weighted by molar-refractivity contribution is 0.441. The highest BCUT2D eigenvalue weighted by Gasteiger charge is 2.14. The van der Waals surface area contributed by atoms with Gasteiger partial charge in [-0.25, -0.2) is 0 Å². The van der Waals surface area contributed by atoms with Gasteiger partial charge in [0.2, 0.25) is 0 Å². The molecular formula is C17H25N3. The molecule has 0 saturated carbocycles. The normalized spacial score (nSPS) is 12.7. The Balaban J connectivity index is 2.28. The molecule has 3 nitrogen and oxygen atoms in total. The van der Waals surface area contributed by atoms with Crippen LogP contribution in [0.2, 0.25) is 0 Å². The second kappa shape index (κ2) is 6.23. The topological polar surface area (TPSA) is 29.9 Å². The second-order valence-corrected chi connectivity index (χ2v) is 5.64. The number of likely N-dealkylation sites (N-methyl/N-ethyl adjacent to an activating group) is 1. The fourth-order valence-corrected chi connectivity index (χ4v) is 2.78. The highest BCUT2D eigenvalue weighted by atomic mass is 15.3. The van der Waals surface area contributed by atoms with E-state index in [9.17, 15) is 0 Å². The quantitative estimate of drug-likeness (QED) is 0.902. The second-order valence-electron chi connectivity index (χ2n) is 5.64. The molecular weight excluding hydrogens is 246 g/mol. The summed E-state index contributed by atoms with van der Waals surface area (Å²) in [6.45, 7) is 12.4. The van der Waals surface area contributed by atoms with E-state index >= 15 is 0 Å². The monoisotopic (exact) mass is 271 g/mol. The lowest BCUT2D eigenvalue weighted by Crippen LogP contribution is -2.26. The maximum atomic E-state index is 4.58. The minimum atomic E-state index is 0.302. The molecule has 1 heterocycles. The van der Waals surface area contributed by atoms with Crippen molar-refractivity contribution in [3.8, 4) is 0 Å². The van der Waals surface area contributed by atoms with Gasteiger partial charge < -0.3 is 5.32 Å². The van der Waals surface area contributed by atoms with E-state index < -0.39 is 0 Å². The first-order valence-electron chi connectivity index (χ1n) is 7.32. The van der Waals surface area contributed by atoms with Crippen molar-refractivity contribution in [1.82, 2.24) is 15.1 Å². The van der Waals surface area contributed by atoms with Crippen LogP contribution in [-0.4, -0.2) is 16.3 Å². The molecule has 0 spiro atoms. The molecule has 1 atom stereocenters. The Bertz CT molecular complexity index is 564. The van der Waals surface area contributed by atoms with Crippen LogP contribution in [0.1, 0.15) is 41.0 Å². The zero-order chi connectivity index (χ0) is 14.7. The van der Waals surface area contributed by atoms with Crippen molar-refractivity contribution in [2.75, 3.05) is 6.54 Å². The van der Waals surface area contributed by atoms with Gasteiger partial charge in [0, 0.05) is 5.69 Å². The molecule has 20 heavy (non-hydrogen) atoms. The van der Waals surface area contributed by atoms with Gasteiger partial charge in [-0.05, 0) is 45.9 Å². The number of hydrogen-bond acceptors (Lipinski definition) is 2. The van der Waals surface area contributed by atoms with Gasteiger partial charge in [0.15, 0.2) is 0 Å². The molecule has 0 amide bonds. The maximum Gasteiger partial charge on any atom is 0.0607 e. The van der Waals surface area contributed by atoms with Crippen molar-refractivity contribution in [2.24, 2.45) is 0 Å². The molecule has 1 unspecified atom stereocenters. The minimum Gasteiger partial charge on any atom is -0.309 e. The van der Waals surface area contributed by atoms with Gasteiger partial charge in [-0.3, -0.25) is 4.68 Å². The first-order valence-corrected chi connectivity index (χ1v) is 7.32. The van der Waals surface area contributed by atoms with Crippen LogP contribution in [0.3, 0.4) is 0 Å². The van der Waals surface area contributed by atoms with Crippen molar-refractivity contribution >= 4 is 0 Å². The summed E-state index contributed by atoms with van der Waals surface area (Å²) >= 11 is 0. The molecule has 0 aliphatic carbocycles. The van der Waals surface area contributed by atoms with Crippen LogP contribution in [0, 0.1) is 27.7 Å². The van der Waals surface area contributed by atoms with Gasteiger partial charge in [0.05, 0.1) is 18.3 Å². The molecule has 0 bridgehead atoms. The summed E-state index contributed by atoms with van der Waals surface area (Å²) in [5.41, 5.74) is 6.28. The Kier molecular flexibility index (Phi) is 4.61. The number of hydrogen-bond donors (Lipinski definition) is 1. The molecule has 0 saturated heterocycles. The van der Waals surface area contributed by atoms with E-state index in [0.29, 0.717) is 6.04 Å². The predicted octanol–water partition coefficient (Wildman–Crippen LogP) is 3.47. The third kappa shape index (κ3) is 3.48. The highest BCUT2D eigenvalue weighted by molar-refractivity contribution is 5.30. The SMILES string of the molecule is CCNC(Cn1nc(C)cc1C)c1cc(C)cc(C)c1. The van der Waals surface area contributed by atoms with Crippen molar-refractivity contribution in [2.45, 2.75) is 47.2 Å². The zero-order valence-corrected chi connectivity index (χ0v) is 13.2. The lowest BCUT2D eigenvalue weighted by atomic mass is 10.0. The Labute approximate surface area is 122 Å². The molecule has 108 valence electrons. The predicted molar refractivity (Wildman–Crippen MR) is 84.0 cm³/mol. The summed E-state index contributed by atoms with van der Waals surface area (Å²) in [6, 6.07) is 9.19. The Morgan fingerprint density at radius 1 is 1.05 bits per heavy atom. The summed E-state index contributed by atoms with van der Waals surface area (Å²) < 4.78 is 2.10. The van der Waals surface area contributed by atoms with Gasteiger partial charge in [0.1, 0.15) is 0 Å². The number of benzene rings is 1. The number of aryl methyl sites for hydroxylation is 4. The fourth-order valence-electron chi connectivity index (χ4n) is 2.78. The Hall–Kier alpha value is -1.61. The molecule has 1 aromatic carbocycles. The third-order valence-electron chi connectivity index (χ3n) is 3.56. The van der Waals surface area contributed by atoms with E-state index in [2.05, 4.69) is 67.1 Å². The smallest absolute Gasteiger partial charge is 0.0607 e. The van der Waals surface area contributed by atoms with Crippen molar-refractivity contribution in [3.63, 3.8) is 0 Å². The molecule has 0 aliphatic heterocycles. The van der Waals surface area contributed by atoms with Crippen molar-refractivity contribution < 1.29 is 0 Å². The van der Waals surface area contributed by atoms with Crippen LogP contribution >= 0.6 is 0 Å². The van der Waals surface area contributed by atoms with Gasteiger partial charge in [-0.2, -0.15) is 5.10 Å². The van der Waals surface area contributed by atoms with Crippen LogP contribution in [0.25, 0.3) is 0 Å². The molecule has 1 aromatic heterocycles. The summed E-state index contributed by atoms with van der Waals surface area (Å²) in [6.07, 6.45) is 0. The van der Waals surface area contributed by atoms with Crippen LogP contribution in [-0.2, 0) is 6.54 Å². The summed E-state index contributed by atoms with van der Waals surface area (Å²) in [4.78, 5) is 0. The Morgan fingerprint density at radius 3 is 2.20 bits per heavy atom. The lowest BCUT2D eigenvalue weighted by Gasteiger charge is -2.20. The fraction of sp³-hybridized carbons (Fsp3) is 0.471. The third-order valence-corrected chi connectivity index (χ3v) is 3.56. The summed E-state index contributed by atoms with van der Waals surface area (Å²) in [5.74, 6) is 0. The van der Waals surface area contributed by atoms with Crippen molar-refractivity contribution in [1.29, 1.82) is 0 Å². The number of nitrogens with one attached hydrogen (secondary N) is 1. The highest BCUT2D eigenvalue weighted by Crippen LogP contribution is 2.19. The van der Waals surface area contributed by atoms with Crippen LogP contribution in [0.15, 0.2) is 24.3 Å². The molecule has 2 rings (SSSR count). The van der Waals surface area contributed by atoms with E-state index in [4.69, 9.17) is 0 Å². The molecule has 2 aromatic rings. The van der Waals surface area contributed by atoms with Gasteiger partial charge in [-0.15, -0.1) is 0 Å². The molecule has 0 aliphatic rings. The average molecular weight is 271 g/mol. The average Bonchev–Trinajstić information content (AvgIpc) is 2.66. The minimum absolute atomic E-state index is 0.302. The Morgan fingerprint density at radius 2 is 1.70 bits per heavy atom. The zero-order valence-electron chi connectivity index (χ0n) is 13.2. The number of aromatic nitrogens is 2. The van der Waals surface area contributed by atoms with E-state index in [0.717, 1.165) is 18.8 Å². The first-order chi connectivity index (χ1) is 9.49. The van der Waals surface area contributed by atoms with E-state index in [1.54, 1.807) is 0 Å². The standard InChI is InChI=1S/C17H25N3/c1-6-18-17(11-20-15(5)10-14(4)19-20)16-8-12(2)7-13(3)9-16/h7-10,17-18H,6,11H2,1-5H3. The molecule has 1 N–H and O–H groups in total. The maximum absolute atomic E-state index is 4.58. The van der Waals surface area contributed by atoms with Gasteiger partial charge in [0.25, 0.3) is 0 Å².